The van der Waals surface area contributed by atoms with Crippen molar-refractivity contribution in [2.45, 2.75) is 20.0 Å². The fourth-order valence-electron chi connectivity index (χ4n) is 1.63. The van der Waals surface area contributed by atoms with Crippen molar-refractivity contribution in [3.05, 3.63) is 53.6 Å². The maximum absolute atomic E-state index is 13.1. The fourth-order valence-corrected chi connectivity index (χ4v) is 1.63. The standard InChI is InChI=1S/C14H14FNO2/c1-9-13(4-3-7-16-9)18-14-6-5-11(15)8-12(14)10(2)17/h3-8,10,17H,1-2H3/t10-/m1/s1. The molecule has 0 spiro atoms. The van der Waals surface area contributed by atoms with Crippen molar-refractivity contribution in [3.8, 4) is 11.5 Å². The molecule has 0 aliphatic rings. The summed E-state index contributed by atoms with van der Waals surface area (Å²) >= 11 is 0. The van der Waals surface area contributed by atoms with Gasteiger partial charge in [-0.15, -0.1) is 0 Å². The molecule has 3 nitrogen and oxygen atoms in total. The Morgan fingerprint density at radius 1 is 1.28 bits per heavy atom. The second-order valence-corrected chi connectivity index (χ2v) is 4.05. The van der Waals surface area contributed by atoms with E-state index in [9.17, 15) is 9.50 Å². The van der Waals surface area contributed by atoms with E-state index < -0.39 is 11.9 Å². The van der Waals surface area contributed by atoms with Crippen molar-refractivity contribution in [3.63, 3.8) is 0 Å². The molecule has 1 N–H and O–H groups in total. The summed E-state index contributed by atoms with van der Waals surface area (Å²) in [5.41, 5.74) is 1.15. The monoisotopic (exact) mass is 247 g/mol. The van der Waals surface area contributed by atoms with Crippen LogP contribution in [-0.4, -0.2) is 10.1 Å². The predicted molar refractivity (Wildman–Crippen MR) is 66.1 cm³/mol. The Kier molecular flexibility index (Phi) is 3.58. The van der Waals surface area contributed by atoms with Gasteiger partial charge in [-0.3, -0.25) is 4.98 Å². The highest BCUT2D eigenvalue weighted by molar-refractivity contribution is 5.40. The van der Waals surface area contributed by atoms with Crippen LogP contribution in [0.4, 0.5) is 4.39 Å². The van der Waals surface area contributed by atoms with Crippen LogP contribution in [0.15, 0.2) is 36.5 Å². The van der Waals surface area contributed by atoms with Crippen LogP contribution in [0, 0.1) is 12.7 Å². The van der Waals surface area contributed by atoms with Gasteiger partial charge in [-0.1, -0.05) is 0 Å². The molecule has 0 bridgehead atoms. The molecule has 1 aromatic carbocycles. The van der Waals surface area contributed by atoms with E-state index in [-0.39, 0.29) is 0 Å². The minimum Gasteiger partial charge on any atom is -0.455 e. The van der Waals surface area contributed by atoms with Gasteiger partial charge in [0.05, 0.1) is 11.8 Å². The van der Waals surface area contributed by atoms with E-state index in [4.69, 9.17) is 4.74 Å². The number of hydrogen-bond acceptors (Lipinski definition) is 3. The summed E-state index contributed by atoms with van der Waals surface area (Å²) in [4.78, 5) is 4.11. The normalized spacial score (nSPS) is 12.2. The molecule has 1 aromatic heterocycles. The SMILES string of the molecule is Cc1ncccc1Oc1ccc(F)cc1[C@@H](C)O. The Morgan fingerprint density at radius 3 is 2.72 bits per heavy atom. The average Bonchev–Trinajstić information content (AvgIpc) is 2.34. The van der Waals surface area contributed by atoms with Crippen LogP contribution >= 0.6 is 0 Å². The molecule has 1 atom stereocenters. The summed E-state index contributed by atoms with van der Waals surface area (Å²) in [5, 5.41) is 9.61. The Balaban J connectivity index is 2.37. The molecule has 0 saturated heterocycles. The fraction of sp³-hybridized carbons (Fsp3) is 0.214. The minimum atomic E-state index is -0.798. The minimum absolute atomic E-state index is 0.402. The van der Waals surface area contributed by atoms with Gasteiger partial charge in [0.2, 0.25) is 0 Å². The number of ether oxygens (including phenoxy) is 1. The van der Waals surface area contributed by atoms with Crippen LogP contribution in [0.1, 0.15) is 24.3 Å². The maximum atomic E-state index is 13.1. The number of rotatable bonds is 3. The molecule has 1 heterocycles. The summed E-state index contributed by atoms with van der Waals surface area (Å²) in [5.74, 6) is 0.620. The lowest BCUT2D eigenvalue weighted by Crippen LogP contribution is -1.98. The quantitative estimate of drug-likeness (QED) is 0.904. The highest BCUT2D eigenvalue weighted by Crippen LogP contribution is 2.31. The van der Waals surface area contributed by atoms with Gasteiger partial charge in [-0.05, 0) is 44.2 Å². The molecule has 0 aliphatic heterocycles. The van der Waals surface area contributed by atoms with Gasteiger partial charge in [0, 0.05) is 11.8 Å². The zero-order valence-electron chi connectivity index (χ0n) is 10.2. The van der Waals surface area contributed by atoms with Crippen LogP contribution in [-0.2, 0) is 0 Å². The molecule has 0 amide bonds. The van der Waals surface area contributed by atoms with Crippen molar-refractivity contribution in [2.24, 2.45) is 0 Å². The summed E-state index contributed by atoms with van der Waals surface area (Å²) in [6.07, 6.45) is 0.871. The van der Waals surface area contributed by atoms with Gasteiger partial charge < -0.3 is 9.84 Å². The van der Waals surface area contributed by atoms with E-state index in [0.717, 1.165) is 5.69 Å². The van der Waals surface area contributed by atoms with Gasteiger partial charge in [0.25, 0.3) is 0 Å². The molecule has 0 fully saturated rings. The van der Waals surface area contributed by atoms with E-state index in [1.807, 2.05) is 6.92 Å². The molecule has 4 heteroatoms. The third kappa shape index (κ3) is 2.65. The van der Waals surface area contributed by atoms with Gasteiger partial charge in [0.1, 0.15) is 17.3 Å². The first-order chi connectivity index (χ1) is 8.58. The molecule has 0 aliphatic carbocycles. The number of pyridine rings is 1. The zero-order valence-corrected chi connectivity index (χ0v) is 10.2. The van der Waals surface area contributed by atoms with Crippen LogP contribution in [0.3, 0.4) is 0 Å². The Morgan fingerprint density at radius 2 is 2.06 bits per heavy atom. The Labute approximate surface area is 105 Å². The lowest BCUT2D eigenvalue weighted by molar-refractivity contribution is 0.195. The van der Waals surface area contributed by atoms with Crippen LogP contribution in [0.2, 0.25) is 0 Å². The summed E-state index contributed by atoms with van der Waals surface area (Å²) in [7, 11) is 0. The number of aliphatic hydroxyl groups excluding tert-OH is 1. The summed E-state index contributed by atoms with van der Waals surface area (Å²) in [6, 6.07) is 7.61. The lowest BCUT2D eigenvalue weighted by atomic mass is 10.1. The van der Waals surface area contributed by atoms with Gasteiger partial charge in [-0.2, -0.15) is 0 Å². The summed E-state index contributed by atoms with van der Waals surface area (Å²) < 4.78 is 18.8. The molecular weight excluding hydrogens is 233 g/mol. The van der Waals surface area contributed by atoms with E-state index in [0.29, 0.717) is 17.1 Å². The number of aryl methyl sites for hydroxylation is 1. The van der Waals surface area contributed by atoms with Crippen LogP contribution in [0.25, 0.3) is 0 Å². The molecule has 2 aromatic rings. The molecule has 0 saturated carbocycles. The van der Waals surface area contributed by atoms with Gasteiger partial charge >= 0.3 is 0 Å². The number of nitrogens with zero attached hydrogens (tertiary/aromatic N) is 1. The predicted octanol–water partition coefficient (Wildman–Crippen LogP) is 3.37. The molecule has 0 radical (unpaired) electrons. The summed E-state index contributed by atoms with van der Waals surface area (Å²) in [6.45, 7) is 3.39. The smallest absolute Gasteiger partial charge is 0.148 e. The molecule has 94 valence electrons. The van der Waals surface area contributed by atoms with Crippen molar-refractivity contribution in [2.75, 3.05) is 0 Å². The van der Waals surface area contributed by atoms with E-state index in [1.54, 1.807) is 25.3 Å². The first kappa shape index (κ1) is 12.5. The van der Waals surface area contributed by atoms with Gasteiger partial charge in [0.15, 0.2) is 0 Å². The van der Waals surface area contributed by atoms with Crippen molar-refractivity contribution in [1.29, 1.82) is 0 Å². The first-order valence-electron chi connectivity index (χ1n) is 5.65. The second kappa shape index (κ2) is 5.14. The highest BCUT2D eigenvalue weighted by Gasteiger charge is 2.12. The average molecular weight is 247 g/mol. The highest BCUT2D eigenvalue weighted by atomic mass is 19.1. The maximum Gasteiger partial charge on any atom is 0.148 e. The number of hydrogen-bond donors (Lipinski definition) is 1. The third-order valence-electron chi connectivity index (χ3n) is 2.60. The van der Waals surface area contributed by atoms with Gasteiger partial charge in [-0.25, -0.2) is 4.39 Å². The lowest BCUT2D eigenvalue weighted by Gasteiger charge is -2.14. The molecule has 0 unspecified atom stereocenters. The van der Waals surface area contributed by atoms with Crippen molar-refractivity contribution in [1.82, 2.24) is 4.98 Å². The molecule has 18 heavy (non-hydrogen) atoms. The number of aromatic nitrogens is 1. The number of benzene rings is 1. The zero-order chi connectivity index (χ0) is 13.1. The van der Waals surface area contributed by atoms with E-state index >= 15 is 0 Å². The van der Waals surface area contributed by atoms with E-state index in [1.165, 1.54) is 18.2 Å². The Bertz CT molecular complexity index is 555. The number of halogens is 1. The first-order valence-corrected chi connectivity index (χ1v) is 5.65. The number of aliphatic hydroxyl groups is 1. The second-order valence-electron chi connectivity index (χ2n) is 4.05. The van der Waals surface area contributed by atoms with Crippen LogP contribution < -0.4 is 4.74 Å². The largest absolute Gasteiger partial charge is 0.455 e. The topological polar surface area (TPSA) is 42.4 Å². The van der Waals surface area contributed by atoms with Crippen LogP contribution in [0.5, 0.6) is 11.5 Å². The third-order valence-corrected chi connectivity index (χ3v) is 2.60. The molecular formula is C14H14FNO2. The van der Waals surface area contributed by atoms with Crippen molar-refractivity contribution < 1.29 is 14.2 Å². The molecule has 2 rings (SSSR count). The van der Waals surface area contributed by atoms with E-state index in [2.05, 4.69) is 4.98 Å². The van der Waals surface area contributed by atoms with Crippen molar-refractivity contribution >= 4 is 0 Å². The Hall–Kier alpha value is -1.94.